The number of anilines is 2. The van der Waals surface area contributed by atoms with Gasteiger partial charge in [0, 0.05) is 37.6 Å². The van der Waals surface area contributed by atoms with Gasteiger partial charge in [0.2, 0.25) is 0 Å². The summed E-state index contributed by atoms with van der Waals surface area (Å²) in [4.78, 5) is 2.30. The van der Waals surface area contributed by atoms with E-state index in [1.807, 2.05) is 6.07 Å². The number of hydrogen-bond acceptors (Lipinski definition) is 4. The van der Waals surface area contributed by atoms with Crippen molar-refractivity contribution in [2.75, 3.05) is 43.9 Å². The Kier molecular flexibility index (Phi) is 8.56. The SMILES string of the molecule is CCNc1ccc(C2=C(c3ccc(OC4CCN(CCCF)C4)cc3)c3ccc(N)cc3CCC2)c(C)c1C. The second-order valence-electron chi connectivity index (χ2n) is 11.0. The summed E-state index contributed by atoms with van der Waals surface area (Å²) < 4.78 is 18.9. The molecule has 1 fully saturated rings. The fourth-order valence-electron chi connectivity index (χ4n) is 6.21. The van der Waals surface area contributed by atoms with Gasteiger partial charge in [0.1, 0.15) is 11.9 Å². The number of nitrogens with zero attached hydrogens (tertiary/aromatic N) is 1. The normalized spacial score (nSPS) is 17.7. The van der Waals surface area contributed by atoms with Crippen LogP contribution in [0.3, 0.4) is 0 Å². The Morgan fingerprint density at radius 3 is 2.56 bits per heavy atom. The minimum Gasteiger partial charge on any atom is -0.489 e. The molecule has 3 N–H and O–H groups in total. The van der Waals surface area contributed by atoms with E-state index >= 15 is 0 Å². The van der Waals surface area contributed by atoms with E-state index in [1.165, 1.54) is 50.2 Å². The zero-order valence-corrected chi connectivity index (χ0v) is 23.7. The van der Waals surface area contributed by atoms with Crippen LogP contribution in [-0.2, 0) is 6.42 Å². The predicted molar refractivity (Wildman–Crippen MR) is 162 cm³/mol. The molecule has 2 aliphatic rings. The van der Waals surface area contributed by atoms with E-state index in [0.29, 0.717) is 6.42 Å². The summed E-state index contributed by atoms with van der Waals surface area (Å²) in [5.74, 6) is 0.895. The number of benzene rings is 3. The molecular formula is C34H42FN3O. The highest BCUT2D eigenvalue weighted by Crippen LogP contribution is 2.42. The van der Waals surface area contributed by atoms with Crippen LogP contribution >= 0.6 is 0 Å². The van der Waals surface area contributed by atoms with Crippen LogP contribution in [0.2, 0.25) is 0 Å². The van der Waals surface area contributed by atoms with Crippen LogP contribution in [0.25, 0.3) is 11.1 Å². The Morgan fingerprint density at radius 1 is 1.00 bits per heavy atom. The van der Waals surface area contributed by atoms with Gasteiger partial charge in [-0.3, -0.25) is 9.29 Å². The number of ether oxygens (including phenoxy) is 1. The smallest absolute Gasteiger partial charge is 0.119 e. The lowest BCUT2D eigenvalue weighted by atomic mass is 9.85. The van der Waals surface area contributed by atoms with Crippen molar-refractivity contribution >= 4 is 22.5 Å². The highest BCUT2D eigenvalue weighted by Gasteiger charge is 2.25. The van der Waals surface area contributed by atoms with Crippen molar-refractivity contribution in [2.24, 2.45) is 0 Å². The van der Waals surface area contributed by atoms with Crippen molar-refractivity contribution in [1.29, 1.82) is 0 Å². The van der Waals surface area contributed by atoms with E-state index in [0.717, 1.165) is 63.3 Å². The van der Waals surface area contributed by atoms with Gasteiger partial charge >= 0.3 is 0 Å². The van der Waals surface area contributed by atoms with E-state index < -0.39 is 0 Å². The third kappa shape index (κ3) is 5.99. The molecule has 5 rings (SSSR count). The van der Waals surface area contributed by atoms with Crippen molar-refractivity contribution in [3.05, 3.63) is 88.0 Å². The number of hydrogen-bond donors (Lipinski definition) is 2. The van der Waals surface area contributed by atoms with Gasteiger partial charge in [0.05, 0.1) is 6.67 Å². The molecule has 1 aliphatic heterocycles. The van der Waals surface area contributed by atoms with Gasteiger partial charge in [0.25, 0.3) is 0 Å². The summed E-state index contributed by atoms with van der Waals surface area (Å²) in [5.41, 5.74) is 18.7. The molecule has 0 radical (unpaired) electrons. The van der Waals surface area contributed by atoms with Gasteiger partial charge in [-0.25, -0.2) is 0 Å². The molecule has 5 heteroatoms. The number of nitrogens with one attached hydrogen (secondary N) is 1. The van der Waals surface area contributed by atoms with Crippen LogP contribution < -0.4 is 15.8 Å². The van der Waals surface area contributed by atoms with Gasteiger partial charge in [-0.2, -0.15) is 0 Å². The zero-order chi connectivity index (χ0) is 27.4. The average molecular weight is 528 g/mol. The third-order valence-corrected chi connectivity index (χ3v) is 8.34. The highest BCUT2D eigenvalue weighted by atomic mass is 19.1. The molecule has 0 bridgehead atoms. The van der Waals surface area contributed by atoms with Crippen molar-refractivity contribution in [1.82, 2.24) is 4.90 Å². The molecule has 1 atom stereocenters. The van der Waals surface area contributed by atoms with E-state index in [-0.39, 0.29) is 12.8 Å². The lowest BCUT2D eigenvalue weighted by Gasteiger charge is -2.21. The number of fused-ring (bicyclic) bond motifs is 1. The van der Waals surface area contributed by atoms with E-state index in [4.69, 9.17) is 10.5 Å². The maximum atomic E-state index is 12.6. The molecule has 206 valence electrons. The lowest BCUT2D eigenvalue weighted by molar-refractivity contribution is 0.198. The Hall–Kier alpha value is -3.31. The average Bonchev–Trinajstić information content (AvgIpc) is 3.30. The minimum atomic E-state index is -0.254. The third-order valence-electron chi connectivity index (χ3n) is 8.34. The molecule has 39 heavy (non-hydrogen) atoms. The Morgan fingerprint density at radius 2 is 1.79 bits per heavy atom. The summed E-state index contributed by atoms with van der Waals surface area (Å²) in [6.45, 7) is 9.92. The minimum absolute atomic E-state index is 0.160. The van der Waals surface area contributed by atoms with Crippen LogP contribution in [0.5, 0.6) is 5.75 Å². The Bertz CT molecular complexity index is 1330. The maximum absolute atomic E-state index is 12.6. The molecule has 4 nitrogen and oxygen atoms in total. The number of halogens is 1. The van der Waals surface area contributed by atoms with Crippen LogP contribution in [0, 0.1) is 13.8 Å². The number of likely N-dealkylation sites (tertiary alicyclic amines) is 1. The summed E-state index contributed by atoms with van der Waals surface area (Å²) in [6, 6.07) is 19.5. The van der Waals surface area contributed by atoms with E-state index in [9.17, 15) is 4.39 Å². The first kappa shape index (κ1) is 27.3. The molecule has 0 saturated carbocycles. The second-order valence-corrected chi connectivity index (χ2v) is 11.0. The van der Waals surface area contributed by atoms with Gasteiger partial charge < -0.3 is 15.8 Å². The molecular weight excluding hydrogens is 485 g/mol. The van der Waals surface area contributed by atoms with Gasteiger partial charge in [0.15, 0.2) is 0 Å². The molecule has 3 aromatic carbocycles. The quantitative estimate of drug-likeness (QED) is 0.284. The fourth-order valence-corrected chi connectivity index (χ4v) is 6.21. The predicted octanol–water partition coefficient (Wildman–Crippen LogP) is 7.43. The van der Waals surface area contributed by atoms with Crippen LogP contribution in [0.1, 0.15) is 66.0 Å². The summed E-state index contributed by atoms with van der Waals surface area (Å²) in [5, 5.41) is 3.51. The topological polar surface area (TPSA) is 50.5 Å². The van der Waals surface area contributed by atoms with E-state index in [2.05, 4.69) is 79.5 Å². The number of nitrogens with two attached hydrogens (primary N) is 1. The molecule has 1 heterocycles. The zero-order valence-electron chi connectivity index (χ0n) is 23.7. The monoisotopic (exact) mass is 527 g/mol. The molecule has 1 saturated heterocycles. The number of nitrogen functional groups attached to an aromatic ring is 1. The molecule has 1 unspecified atom stereocenters. The largest absolute Gasteiger partial charge is 0.489 e. The number of allylic oxidation sites excluding steroid dienone is 1. The Balaban J connectivity index is 1.51. The molecule has 0 spiro atoms. The van der Waals surface area contributed by atoms with Crippen molar-refractivity contribution in [2.45, 2.75) is 59.0 Å². The van der Waals surface area contributed by atoms with E-state index in [1.54, 1.807) is 0 Å². The first-order valence-corrected chi connectivity index (χ1v) is 14.5. The molecule has 0 amide bonds. The number of aryl methyl sites for hydroxylation is 1. The summed E-state index contributed by atoms with van der Waals surface area (Å²) in [6.07, 6.45) is 4.86. The summed E-state index contributed by atoms with van der Waals surface area (Å²) in [7, 11) is 0. The van der Waals surface area contributed by atoms with Crippen LogP contribution in [0.4, 0.5) is 15.8 Å². The molecule has 0 aromatic heterocycles. The summed E-state index contributed by atoms with van der Waals surface area (Å²) >= 11 is 0. The van der Waals surface area contributed by atoms with Crippen LogP contribution in [-0.4, -0.2) is 43.9 Å². The molecule has 1 aliphatic carbocycles. The van der Waals surface area contributed by atoms with Crippen molar-refractivity contribution in [3.8, 4) is 5.75 Å². The standard InChI is InChI=1S/C34H42FN3O/c1-4-37-33-16-15-30(23(2)24(33)3)32-8-5-7-26-21-27(36)11-14-31(26)34(32)25-9-12-28(13-10-25)39-29-17-20-38(22-29)19-6-18-35/h9-16,21,29,37H,4-8,17-20,22,36H2,1-3H3. The van der Waals surface area contributed by atoms with Gasteiger partial charge in [-0.15, -0.1) is 0 Å². The van der Waals surface area contributed by atoms with Gasteiger partial charge in [-0.1, -0.05) is 24.3 Å². The number of rotatable bonds is 9. The maximum Gasteiger partial charge on any atom is 0.119 e. The first-order chi connectivity index (χ1) is 19.0. The second kappa shape index (κ2) is 12.3. The highest BCUT2D eigenvalue weighted by molar-refractivity contribution is 6.01. The first-order valence-electron chi connectivity index (χ1n) is 14.5. The van der Waals surface area contributed by atoms with Gasteiger partial charge in [-0.05, 0) is 128 Å². The van der Waals surface area contributed by atoms with Crippen molar-refractivity contribution in [3.63, 3.8) is 0 Å². The Labute approximate surface area is 233 Å². The van der Waals surface area contributed by atoms with Crippen molar-refractivity contribution < 1.29 is 9.13 Å². The number of alkyl halides is 1. The van der Waals surface area contributed by atoms with Crippen LogP contribution in [0.15, 0.2) is 54.6 Å². The lowest BCUT2D eigenvalue weighted by Crippen LogP contribution is -2.26. The fraction of sp³-hybridized carbons (Fsp3) is 0.412. The molecule has 3 aromatic rings.